The Morgan fingerprint density at radius 3 is 3.00 bits per heavy atom. The summed E-state index contributed by atoms with van der Waals surface area (Å²) in [5.74, 6) is 1.10. The summed E-state index contributed by atoms with van der Waals surface area (Å²) in [7, 11) is 0. The summed E-state index contributed by atoms with van der Waals surface area (Å²) in [6, 6.07) is 0. The van der Waals surface area contributed by atoms with Gasteiger partial charge in [-0.25, -0.2) is 0 Å². The zero-order chi connectivity index (χ0) is 9.26. The maximum absolute atomic E-state index is 5.23. The molecule has 1 heterocycles. The predicted molar refractivity (Wildman–Crippen MR) is 64.0 cm³/mol. The first-order valence-electron chi connectivity index (χ1n) is 4.78. The van der Waals surface area contributed by atoms with Crippen LogP contribution in [-0.4, -0.2) is 12.3 Å². The Bertz CT molecular complexity index is 260. The first-order chi connectivity index (χ1) is 6.33. The van der Waals surface area contributed by atoms with E-state index in [0.717, 1.165) is 9.68 Å². The van der Waals surface area contributed by atoms with Gasteiger partial charge in [-0.2, -0.15) is 0 Å². The SMILES string of the molecule is C#COC1=CCCI(C2CC2)[C@H]1C. The Labute approximate surface area is 87.3 Å². The van der Waals surface area contributed by atoms with Crippen molar-refractivity contribution in [1.29, 1.82) is 0 Å². The van der Waals surface area contributed by atoms with Gasteiger partial charge in [0.05, 0.1) is 0 Å². The molecule has 72 valence electrons. The fraction of sp³-hybridized carbons (Fsp3) is 0.636. The molecule has 1 fully saturated rings. The molecular weight excluding hydrogens is 275 g/mol. The summed E-state index contributed by atoms with van der Waals surface area (Å²) >= 11 is -0.738. The van der Waals surface area contributed by atoms with Crippen LogP contribution in [0.15, 0.2) is 11.8 Å². The van der Waals surface area contributed by atoms with Crippen LogP contribution in [0.4, 0.5) is 0 Å². The Kier molecular flexibility index (Phi) is 2.83. The summed E-state index contributed by atoms with van der Waals surface area (Å²) in [6.45, 7) is 2.31. The number of rotatable bonds is 2. The zero-order valence-electron chi connectivity index (χ0n) is 7.92. The molecule has 0 saturated heterocycles. The Hall–Kier alpha value is -0.170. The second-order valence-electron chi connectivity index (χ2n) is 3.53. The van der Waals surface area contributed by atoms with Crippen LogP contribution in [0.25, 0.3) is 0 Å². The molecule has 1 aliphatic carbocycles. The van der Waals surface area contributed by atoms with Crippen LogP contribution in [0.2, 0.25) is 0 Å². The molecular formula is C11H15IO. The van der Waals surface area contributed by atoms with Crippen LogP contribution >= 0.6 is 19.8 Å². The molecule has 0 aromatic rings. The zero-order valence-corrected chi connectivity index (χ0v) is 10.1. The predicted octanol–water partition coefficient (Wildman–Crippen LogP) is 2.94. The average Bonchev–Trinajstić information content (AvgIpc) is 2.92. The monoisotopic (exact) mass is 290 g/mol. The van der Waals surface area contributed by atoms with Crippen LogP contribution in [0.5, 0.6) is 0 Å². The van der Waals surface area contributed by atoms with Gasteiger partial charge in [-0.3, -0.25) is 0 Å². The van der Waals surface area contributed by atoms with E-state index in [4.69, 9.17) is 11.2 Å². The molecule has 1 nitrogen and oxygen atoms in total. The van der Waals surface area contributed by atoms with E-state index in [1.807, 2.05) is 0 Å². The van der Waals surface area contributed by atoms with Gasteiger partial charge in [0.15, 0.2) is 0 Å². The van der Waals surface area contributed by atoms with Crippen molar-refractivity contribution in [3.8, 4) is 12.5 Å². The number of ether oxygens (including phenoxy) is 1. The first-order valence-corrected chi connectivity index (χ1v) is 8.80. The number of alkyl halides is 3. The molecule has 2 aliphatic rings. The van der Waals surface area contributed by atoms with Crippen molar-refractivity contribution in [2.24, 2.45) is 0 Å². The number of hydrogen-bond donors (Lipinski definition) is 0. The topological polar surface area (TPSA) is 9.23 Å². The number of allylic oxidation sites excluding steroid dienone is 2. The van der Waals surface area contributed by atoms with E-state index in [0.29, 0.717) is 3.92 Å². The van der Waals surface area contributed by atoms with Gasteiger partial charge in [0.1, 0.15) is 0 Å². The van der Waals surface area contributed by atoms with Crippen molar-refractivity contribution < 1.29 is 4.74 Å². The van der Waals surface area contributed by atoms with Crippen molar-refractivity contribution >= 4 is 19.8 Å². The second kappa shape index (κ2) is 3.91. The van der Waals surface area contributed by atoms with E-state index in [9.17, 15) is 0 Å². The van der Waals surface area contributed by atoms with E-state index in [1.165, 1.54) is 23.7 Å². The normalized spacial score (nSPS) is 30.6. The molecule has 0 bridgehead atoms. The molecule has 1 aliphatic heterocycles. The molecule has 13 heavy (non-hydrogen) atoms. The fourth-order valence-electron chi connectivity index (χ4n) is 1.74. The van der Waals surface area contributed by atoms with Gasteiger partial charge >= 0.3 is 87.4 Å². The quantitative estimate of drug-likeness (QED) is 0.431. The van der Waals surface area contributed by atoms with Crippen LogP contribution in [0, 0.1) is 12.5 Å². The standard InChI is InChI=1S/C11H15IO/c1-3-13-11-5-4-8-12(9(11)2)10-6-7-10/h1,5,9-10H,4,6-8H2,2H3/t9-/m0/s1. The van der Waals surface area contributed by atoms with E-state index in [2.05, 4.69) is 19.1 Å². The summed E-state index contributed by atoms with van der Waals surface area (Å²) < 4.78 is 8.52. The Morgan fingerprint density at radius 2 is 2.38 bits per heavy atom. The second-order valence-corrected chi connectivity index (χ2v) is 10.7. The van der Waals surface area contributed by atoms with Crippen LogP contribution in [-0.2, 0) is 4.74 Å². The maximum atomic E-state index is 5.23. The molecule has 2 rings (SSSR count). The van der Waals surface area contributed by atoms with Crippen molar-refractivity contribution in [3.05, 3.63) is 11.8 Å². The summed E-state index contributed by atoms with van der Waals surface area (Å²) in [5.41, 5.74) is 0. The van der Waals surface area contributed by atoms with E-state index < -0.39 is 19.8 Å². The third kappa shape index (κ3) is 2.01. The molecule has 1 atom stereocenters. The van der Waals surface area contributed by atoms with Gasteiger partial charge in [-0.15, -0.1) is 0 Å². The van der Waals surface area contributed by atoms with Crippen molar-refractivity contribution in [3.63, 3.8) is 0 Å². The van der Waals surface area contributed by atoms with Gasteiger partial charge in [0.2, 0.25) is 0 Å². The molecule has 0 N–H and O–H groups in total. The molecule has 0 unspecified atom stereocenters. The van der Waals surface area contributed by atoms with Gasteiger partial charge in [-0.1, -0.05) is 0 Å². The summed E-state index contributed by atoms with van der Waals surface area (Å²) in [6.07, 6.45) is 13.8. The number of terminal acetylenes is 1. The van der Waals surface area contributed by atoms with Gasteiger partial charge in [0, 0.05) is 0 Å². The van der Waals surface area contributed by atoms with Crippen LogP contribution in [0.1, 0.15) is 26.2 Å². The molecule has 0 aromatic heterocycles. The molecule has 2 heteroatoms. The molecule has 0 radical (unpaired) electrons. The van der Waals surface area contributed by atoms with Crippen LogP contribution < -0.4 is 0 Å². The number of halogens is 1. The van der Waals surface area contributed by atoms with Crippen molar-refractivity contribution in [2.45, 2.75) is 34.0 Å². The molecule has 0 aromatic carbocycles. The van der Waals surface area contributed by atoms with Gasteiger partial charge < -0.3 is 0 Å². The minimum absolute atomic E-state index is 0.696. The molecule has 0 amide bonds. The third-order valence-electron chi connectivity index (χ3n) is 2.57. The minimum atomic E-state index is -0.738. The first kappa shape index (κ1) is 9.39. The molecule has 0 spiro atoms. The number of hydrogen-bond acceptors (Lipinski definition) is 1. The van der Waals surface area contributed by atoms with Gasteiger partial charge in [-0.05, 0) is 0 Å². The van der Waals surface area contributed by atoms with Crippen LogP contribution in [0.3, 0.4) is 0 Å². The van der Waals surface area contributed by atoms with Crippen molar-refractivity contribution in [2.75, 3.05) is 4.43 Å². The summed E-state index contributed by atoms with van der Waals surface area (Å²) in [4.78, 5) is 0. The van der Waals surface area contributed by atoms with E-state index >= 15 is 0 Å². The van der Waals surface area contributed by atoms with Crippen molar-refractivity contribution in [1.82, 2.24) is 0 Å². The fourth-order valence-corrected chi connectivity index (χ4v) is 9.24. The van der Waals surface area contributed by atoms with Gasteiger partial charge in [0.25, 0.3) is 0 Å². The Morgan fingerprint density at radius 1 is 1.62 bits per heavy atom. The van der Waals surface area contributed by atoms with E-state index in [-0.39, 0.29) is 0 Å². The van der Waals surface area contributed by atoms with E-state index in [1.54, 1.807) is 0 Å². The Balaban J connectivity index is 2.04. The summed E-state index contributed by atoms with van der Waals surface area (Å²) in [5, 5.41) is 0. The third-order valence-corrected chi connectivity index (χ3v) is 11.0. The average molecular weight is 290 g/mol. The molecule has 1 saturated carbocycles.